The molecule has 19 heavy (non-hydrogen) atoms. The summed E-state index contributed by atoms with van der Waals surface area (Å²) in [6.07, 6.45) is -2.58. The van der Waals surface area contributed by atoms with Crippen LogP contribution in [0.1, 0.15) is 17.5 Å². The molecule has 1 N–H and O–H groups in total. The molecule has 106 valence electrons. The molecular weight excluding hydrogens is 255 g/mol. The van der Waals surface area contributed by atoms with Gasteiger partial charge in [-0.05, 0) is 37.6 Å². The number of ether oxygens (including phenoxy) is 1. The first-order valence-corrected chi connectivity index (χ1v) is 6.34. The molecule has 0 bridgehead atoms. The minimum Gasteiger partial charge on any atom is -0.381 e. The Morgan fingerprint density at radius 2 is 1.95 bits per heavy atom. The number of alkyl halides is 3. The van der Waals surface area contributed by atoms with Crippen molar-refractivity contribution in [3.63, 3.8) is 0 Å². The van der Waals surface area contributed by atoms with Crippen LogP contribution in [0, 0.1) is 5.41 Å². The molecule has 1 unspecified atom stereocenters. The maximum absolute atomic E-state index is 12.5. The number of benzene rings is 1. The first-order chi connectivity index (χ1) is 8.95. The molecular formula is C14H18F3NO. The smallest absolute Gasteiger partial charge is 0.381 e. The molecule has 1 atom stereocenters. The molecule has 2 nitrogen and oxygen atoms in total. The molecule has 0 radical (unpaired) electrons. The van der Waals surface area contributed by atoms with Gasteiger partial charge in [0, 0.05) is 18.6 Å². The largest absolute Gasteiger partial charge is 0.416 e. The molecule has 0 saturated carbocycles. The third-order valence-electron chi connectivity index (χ3n) is 3.60. The highest BCUT2D eigenvalue weighted by Gasteiger charge is 2.35. The zero-order chi connectivity index (χ0) is 13.9. The van der Waals surface area contributed by atoms with Crippen molar-refractivity contribution in [3.8, 4) is 0 Å². The zero-order valence-corrected chi connectivity index (χ0v) is 10.9. The van der Waals surface area contributed by atoms with Crippen LogP contribution in [0.15, 0.2) is 24.3 Å². The Labute approximate surface area is 111 Å². The van der Waals surface area contributed by atoms with Crippen LogP contribution in [0.25, 0.3) is 0 Å². The molecule has 1 saturated heterocycles. The van der Waals surface area contributed by atoms with E-state index in [2.05, 4.69) is 5.32 Å². The van der Waals surface area contributed by atoms with E-state index in [-0.39, 0.29) is 5.41 Å². The fourth-order valence-corrected chi connectivity index (χ4v) is 2.61. The van der Waals surface area contributed by atoms with Gasteiger partial charge < -0.3 is 10.1 Å². The lowest BCUT2D eigenvalue weighted by atomic mass is 9.81. The average Bonchev–Trinajstić information content (AvgIpc) is 2.77. The SMILES string of the molecule is CNCC1(Cc2ccc(C(F)(F)F)cc2)CCOC1. The fourth-order valence-electron chi connectivity index (χ4n) is 2.61. The van der Waals surface area contributed by atoms with E-state index < -0.39 is 11.7 Å². The van der Waals surface area contributed by atoms with Crippen LogP contribution < -0.4 is 5.32 Å². The molecule has 0 spiro atoms. The molecule has 2 rings (SSSR count). The molecule has 0 aromatic heterocycles. The molecule has 1 fully saturated rings. The summed E-state index contributed by atoms with van der Waals surface area (Å²) in [6, 6.07) is 5.44. The normalized spacial score (nSPS) is 23.8. The second-order valence-corrected chi connectivity index (χ2v) is 5.20. The second-order valence-electron chi connectivity index (χ2n) is 5.20. The number of halogens is 3. The Morgan fingerprint density at radius 3 is 2.42 bits per heavy atom. The minimum atomic E-state index is -4.27. The highest BCUT2D eigenvalue weighted by atomic mass is 19.4. The summed E-state index contributed by atoms with van der Waals surface area (Å²) in [4.78, 5) is 0. The molecule has 1 heterocycles. The van der Waals surface area contributed by atoms with Crippen molar-refractivity contribution in [2.75, 3.05) is 26.8 Å². The third-order valence-corrected chi connectivity index (χ3v) is 3.60. The van der Waals surface area contributed by atoms with Gasteiger partial charge >= 0.3 is 6.18 Å². The van der Waals surface area contributed by atoms with E-state index in [1.807, 2.05) is 7.05 Å². The molecule has 1 aliphatic heterocycles. The van der Waals surface area contributed by atoms with Crippen molar-refractivity contribution in [1.29, 1.82) is 0 Å². The van der Waals surface area contributed by atoms with E-state index >= 15 is 0 Å². The Morgan fingerprint density at radius 1 is 1.26 bits per heavy atom. The number of rotatable bonds is 4. The minimum absolute atomic E-state index is 0.00843. The maximum Gasteiger partial charge on any atom is 0.416 e. The first kappa shape index (κ1) is 14.3. The van der Waals surface area contributed by atoms with Gasteiger partial charge in [-0.1, -0.05) is 12.1 Å². The summed E-state index contributed by atoms with van der Waals surface area (Å²) < 4.78 is 42.9. The predicted molar refractivity (Wildman–Crippen MR) is 66.9 cm³/mol. The van der Waals surface area contributed by atoms with Gasteiger partial charge in [-0.2, -0.15) is 13.2 Å². The lowest BCUT2D eigenvalue weighted by molar-refractivity contribution is -0.137. The van der Waals surface area contributed by atoms with Gasteiger partial charge in [0.1, 0.15) is 0 Å². The van der Waals surface area contributed by atoms with Crippen LogP contribution in [0.3, 0.4) is 0 Å². The van der Waals surface area contributed by atoms with Gasteiger partial charge in [-0.15, -0.1) is 0 Å². The van der Waals surface area contributed by atoms with Crippen LogP contribution >= 0.6 is 0 Å². The van der Waals surface area contributed by atoms with E-state index in [0.29, 0.717) is 6.61 Å². The quantitative estimate of drug-likeness (QED) is 0.910. The van der Waals surface area contributed by atoms with Crippen LogP contribution in [0.4, 0.5) is 13.2 Å². The van der Waals surface area contributed by atoms with Crippen LogP contribution in [0.5, 0.6) is 0 Å². The Hall–Kier alpha value is -1.07. The first-order valence-electron chi connectivity index (χ1n) is 6.34. The topological polar surface area (TPSA) is 21.3 Å². The lowest BCUT2D eigenvalue weighted by Gasteiger charge is -2.27. The predicted octanol–water partition coefficient (Wildman–Crippen LogP) is 2.87. The average molecular weight is 273 g/mol. The van der Waals surface area contributed by atoms with E-state index in [4.69, 9.17) is 4.74 Å². The summed E-state index contributed by atoms with van der Waals surface area (Å²) in [6.45, 7) is 2.20. The van der Waals surface area contributed by atoms with E-state index in [1.54, 1.807) is 12.1 Å². The summed E-state index contributed by atoms with van der Waals surface area (Å²) in [7, 11) is 1.88. The number of hydrogen-bond donors (Lipinski definition) is 1. The van der Waals surface area contributed by atoms with Crippen molar-refractivity contribution >= 4 is 0 Å². The molecule has 1 aromatic carbocycles. The second kappa shape index (κ2) is 5.51. The van der Waals surface area contributed by atoms with Crippen LogP contribution in [0.2, 0.25) is 0 Å². The van der Waals surface area contributed by atoms with Gasteiger partial charge in [0.05, 0.1) is 12.2 Å². The van der Waals surface area contributed by atoms with Crippen LogP contribution in [-0.2, 0) is 17.3 Å². The summed E-state index contributed by atoms with van der Waals surface area (Å²) in [5, 5.41) is 3.15. The van der Waals surface area contributed by atoms with Gasteiger partial charge in [-0.25, -0.2) is 0 Å². The zero-order valence-electron chi connectivity index (χ0n) is 10.9. The summed E-state index contributed by atoms with van der Waals surface area (Å²) in [5.41, 5.74) is 0.337. The third kappa shape index (κ3) is 3.48. The monoisotopic (exact) mass is 273 g/mol. The number of nitrogens with one attached hydrogen (secondary N) is 1. The van der Waals surface area contributed by atoms with Gasteiger partial charge in [0.15, 0.2) is 0 Å². The molecule has 5 heteroatoms. The Bertz CT molecular complexity index is 408. The molecule has 1 aliphatic rings. The van der Waals surface area contributed by atoms with E-state index in [1.165, 1.54) is 0 Å². The van der Waals surface area contributed by atoms with Gasteiger partial charge in [0.2, 0.25) is 0 Å². The van der Waals surface area contributed by atoms with E-state index in [9.17, 15) is 13.2 Å². The molecule has 0 amide bonds. The Kier molecular flexibility index (Phi) is 4.16. The highest BCUT2D eigenvalue weighted by Crippen LogP contribution is 2.33. The van der Waals surface area contributed by atoms with Crippen molar-refractivity contribution in [3.05, 3.63) is 35.4 Å². The fraction of sp³-hybridized carbons (Fsp3) is 0.571. The molecule has 1 aromatic rings. The van der Waals surface area contributed by atoms with Gasteiger partial charge in [-0.3, -0.25) is 0 Å². The lowest BCUT2D eigenvalue weighted by Crippen LogP contribution is -2.35. The van der Waals surface area contributed by atoms with Crippen molar-refractivity contribution in [1.82, 2.24) is 5.32 Å². The Balaban J connectivity index is 2.10. The standard InChI is InChI=1S/C14H18F3NO/c1-18-9-13(6-7-19-10-13)8-11-2-4-12(5-3-11)14(15,16)17/h2-5,18H,6-10H2,1H3. The van der Waals surface area contributed by atoms with Crippen LogP contribution in [-0.4, -0.2) is 26.8 Å². The van der Waals surface area contributed by atoms with E-state index in [0.717, 1.165) is 43.7 Å². The maximum atomic E-state index is 12.5. The van der Waals surface area contributed by atoms with Crippen molar-refractivity contribution in [2.45, 2.75) is 19.0 Å². The highest BCUT2D eigenvalue weighted by molar-refractivity contribution is 5.25. The van der Waals surface area contributed by atoms with Crippen molar-refractivity contribution < 1.29 is 17.9 Å². The summed E-state index contributed by atoms with van der Waals surface area (Å²) >= 11 is 0. The van der Waals surface area contributed by atoms with Crippen molar-refractivity contribution in [2.24, 2.45) is 5.41 Å². The molecule has 0 aliphatic carbocycles. The number of hydrogen-bond acceptors (Lipinski definition) is 2. The van der Waals surface area contributed by atoms with Gasteiger partial charge in [0.25, 0.3) is 0 Å². The summed E-state index contributed by atoms with van der Waals surface area (Å²) in [5.74, 6) is 0.